The van der Waals surface area contributed by atoms with Gasteiger partial charge in [0.25, 0.3) is 0 Å². The van der Waals surface area contributed by atoms with Gasteiger partial charge in [-0.1, -0.05) is 6.42 Å². The van der Waals surface area contributed by atoms with Crippen molar-refractivity contribution in [1.29, 1.82) is 5.26 Å². The summed E-state index contributed by atoms with van der Waals surface area (Å²) in [7, 11) is 1.88. The summed E-state index contributed by atoms with van der Waals surface area (Å²) in [5, 5.41) is 16.1. The maximum absolute atomic E-state index is 11.9. The van der Waals surface area contributed by atoms with E-state index in [-0.39, 0.29) is 5.91 Å². The van der Waals surface area contributed by atoms with E-state index < -0.39 is 0 Å². The van der Waals surface area contributed by atoms with Crippen molar-refractivity contribution in [3.63, 3.8) is 0 Å². The molecule has 0 saturated heterocycles. The Kier molecular flexibility index (Phi) is 5.57. The van der Waals surface area contributed by atoms with Crippen LogP contribution in [0.2, 0.25) is 0 Å². The monoisotopic (exact) mass is 291 g/mol. The van der Waals surface area contributed by atoms with E-state index in [2.05, 4.69) is 16.7 Å². The summed E-state index contributed by atoms with van der Waals surface area (Å²) in [6.45, 7) is 0.833. The number of nitrogens with zero attached hydrogens (tertiary/aromatic N) is 1. The molecule has 1 aliphatic rings. The Morgan fingerprint density at radius 3 is 2.90 bits per heavy atom. The van der Waals surface area contributed by atoms with Crippen molar-refractivity contribution >= 4 is 22.2 Å². The van der Waals surface area contributed by atoms with Crippen LogP contribution >= 0.6 is 11.3 Å². The Morgan fingerprint density at radius 1 is 1.35 bits per heavy atom. The Balaban J connectivity index is 2.08. The lowest BCUT2D eigenvalue weighted by Gasteiger charge is -2.04. The normalized spacial score (nSPS) is 14.2. The first-order chi connectivity index (χ1) is 9.76. The Bertz CT molecular complexity index is 516. The zero-order chi connectivity index (χ0) is 14.4. The molecule has 0 unspecified atom stereocenters. The van der Waals surface area contributed by atoms with E-state index in [9.17, 15) is 10.1 Å². The maximum Gasteiger partial charge on any atom is 0.225 e. The third-order valence-electron chi connectivity index (χ3n) is 3.62. The van der Waals surface area contributed by atoms with Crippen LogP contribution in [-0.4, -0.2) is 19.5 Å². The van der Waals surface area contributed by atoms with E-state index in [1.54, 1.807) is 11.3 Å². The first kappa shape index (κ1) is 15.0. The molecule has 2 rings (SSSR count). The lowest BCUT2D eigenvalue weighted by molar-refractivity contribution is -0.116. The number of thiophene rings is 1. The Morgan fingerprint density at radius 2 is 2.15 bits per heavy atom. The number of carbonyl (C=O) groups is 1. The highest BCUT2D eigenvalue weighted by atomic mass is 32.1. The van der Waals surface area contributed by atoms with Gasteiger partial charge in [-0.25, -0.2) is 0 Å². The smallest absolute Gasteiger partial charge is 0.225 e. The molecule has 2 N–H and O–H groups in total. The highest BCUT2D eigenvalue weighted by Crippen LogP contribution is 2.36. The molecule has 0 fully saturated rings. The molecule has 1 amide bonds. The summed E-state index contributed by atoms with van der Waals surface area (Å²) in [6, 6.07) is 2.29. The van der Waals surface area contributed by atoms with Crippen molar-refractivity contribution < 1.29 is 4.79 Å². The summed E-state index contributed by atoms with van der Waals surface area (Å²) >= 11 is 1.60. The molecule has 5 heteroatoms. The highest BCUT2D eigenvalue weighted by molar-refractivity contribution is 7.16. The summed E-state index contributed by atoms with van der Waals surface area (Å²) in [6.07, 6.45) is 6.90. The van der Waals surface area contributed by atoms with Crippen LogP contribution in [0.5, 0.6) is 0 Å². The summed E-state index contributed by atoms with van der Waals surface area (Å²) < 4.78 is 0. The predicted molar refractivity (Wildman–Crippen MR) is 82.1 cm³/mol. The maximum atomic E-state index is 11.9. The molecule has 0 aromatic carbocycles. The van der Waals surface area contributed by atoms with E-state index in [0.29, 0.717) is 12.0 Å². The summed E-state index contributed by atoms with van der Waals surface area (Å²) in [4.78, 5) is 13.2. The van der Waals surface area contributed by atoms with Gasteiger partial charge in [-0.05, 0) is 51.3 Å². The van der Waals surface area contributed by atoms with Crippen molar-refractivity contribution in [2.45, 2.75) is 44.9 Å². The Hall–Kier alpha value is -1.38. The van der Waals surface area contributed by atoms with Gasteiger partial charge in [-0.15, -0.1) is 11.3 Å². The number of nitrogens with one attached hydrogen (secondary N) is 2. The van der Waals surface area contributed by atoms with Gasteiger partial charge >= 0.3 is 0 Å². The standard InChI is InChI=1S/C15H21N3OS/c1-17-9-5-8-14(19)18-15-12(10-16)11-6-3-2-4-7-13(11)20-15/h17H,2-9H2,1H3,(H,18,19). The van der Waals surface area contributed by atoms with Gasteiger partial charge in [0.05, 0.1) is 5.56 Å². The second-order valence-electron chi connectivity index (χ2n) is 5.14. The third-order valence-corrected chi connectivity index (χ3v) is 4.82. The fraction of sp³-hybridized carbons (Fsp3) is 0.600. The first-order valence-corrected chi connectivity index (χ1v) is 8.07. The lowest BCUT2D eigenvalue weighted by atomic mass is 10.1. The molecular formula is C15H21N3OS. The number of fused-ring (bicyclic) bond motifs is 1. The molecule has 1 aromatic heterocycles. The lowest BCUT2D eigenvalue weighted by Crippen LogP contribution is -2.15. The fourth-order valence-electron chi connectivity index (χ4n) is 2.56. The van der Waals surface area contributed by atoms with Crippen LogP contribution in [0.15, 0.2) is 0 Å². The topological polar surface area (TPSA) is 64.9 Å². The van der Waals surface area contributed by atoms with Crippen molar-refractivity contribution in [3.05, 3.63) is 16.0 Å². The van der Waals surface area contributed by atoms with E-state index in [1.165, 1.54) is 23.3 Å². The third kappa shape index (κ3) is 3.59. The van der Waals surface area contributed by atoms with Crippen LogP contribution in [0, 0.1) is 11.3 Å². The van der Waals surface area contributed by atoms with E-state index in [4.69, 9.17) is 0 Å². The van der Waals surface area contributed by atoms with Crippen molar-refractivity contribution in [2.75, 3.05) is 18.9 Å². The first-order valence-electron chi connectivity index (χ1n) is 7.25. The van der Waals surface area contributed by atoms with Gasteiger partial charge in [0.2, 0.25) is 5.91 Å². The van der Waals surface area contributed by atoms with Gasteiger partial charge in [0.15, 0.2) is 0 Å². The minimum atomic E-state index is 0.00756. The molecule has 1 heterocycles. The van der Waals surface area contributed by atoms with Crippen LogP contribution in [0.25, 0.3) is 0 Å². The van der Waals surface area contributed by atoms with E-state index in [0.717, 1.165) is 37.2 Å². The zero-order valence-corrected chi connectivity index (χ0v) is 12.7. The minimum Gasteiger partial charge on any atom is -0.320 e. The highest BCUT2D eigenvalue weighted by Gasteiger charge is 2.20. The fourth-order valence-corrected chi connectivity index (χ4v) is 3.82. The summed E-state index contributed by atoms with van der Waals surface area (Å²) in [5.41, 5.74) is 1.88. The van der Waals surface area contributed by atoms with Crippen molar-refractivity contribution in [2.24, 2.45) is 0 Å². The molecule has 0 spiro atoms. The van der Waals surface area contributed by atoms with Crippen LogP contribution in [-0.2, 0) is 17.6 Å². The number of aryl methyl sites for hydroxylation is 1. The molecule has 0 aliphatic heterocycles. The van der Waals surface area contributed by atoms with Crippen LogP contribution < -0.4 is 10.6 Å². The second kappa shape index (κ2) is 7.41. The average Bonchev–Trinajstić information content (AvgIpc) is 2.60. The average molecular weight is 291 g/mol. The molecule has 0 radical (unpaired) electrons. The van der Waals surface area contributed by atoms with Crippen LogP contribution in [0.3, 0.4) is 0 Å². The SMILES string of the molecule is CNCCCC(=O)Nc1sc2c(c1C#N)CCCCC2. The number of anilines is 1. The number of amides is 1. The number of hydrogen-bond donors (Lipinski definition) is 2. The van der Waals surface area contributed by atoms with E-state index >= 15 is 0 Å². The van der Waals surface area contributed by atoms with Gasteiger partial charge in [-0.2, -0.15) is 5.26 Å². The number of hydrogen-bond acceptors (Lipinski definition) is 4. The van der Waals surface area contributed by atoms with E-state index in [1.807, 2.05) is 7.05 Å². The van der Waals surface area contributed by atoms with Gasteiger partial charge in [-0.3, -0.25) is 4.79 Å². The molecule has 4 nitrogen and oxygen atoms in total. The molecule has 0 atom stereocenters. The second-order valence-corrected chi connectivity index (χ2v) is 6.24. The molecule has 0 bridgehead atoms. The predicted octanol–water partition coefficient (Wildman–Crippen LogP) is 2.83. The number of nitriles is 1. The molecule has 20 heavy (non-hydrogen) atoms. The van der Waals surface area contributed by atoms with Crippen molar-refractivity contribution in [1.82, 2.24) is 5.32 Å². The molecule has 1 aliphatic carbocycles. The minimum absolute atomic E-state index is 0.00756. The van der Waals surface area contributed by atoms with Crippen LogP contribution in [0.4, 0.5) is 5.00 Å². The Labute approximate surface area is 124 Å². The van der Waals surface area contributed by atoms with Gasteiger partial charge in [0.1, 0.15) is 11.1 Å². The van der Waals surface area contributed by atoms with Crippen LogP contribution in [0.1, 0.15) is 48.1 Å². The quantitative estimate of drug-likeness (QED) is 0.647. The van der Waals surface area contributed by atoms with Gasteiger partial charge < -0.3 is 10.6 Å². The van der Waals surface area contributed by atoms with Gasteiger partial charge in [0, 0.05) is 11.3 Å². The number of rotatable bonds is 5. The molecule has 108 valence electrons. The van der Waals surface area contributed by atoms with Crippen molar-refractivity contribution in [3.8, 4) is 6.07 Å². The number of carbonyl (C=O) groups excluding carboxylic acids is 1. The molecule has 0 saturated carbocycles. The summed E-state index contributed by atoms with van der Waals surface area (Å²) in [5.74, 6) is 0.00756. The largest absolute Gasteiger partial charge is 0.320 e. The molecular weight excluding hydrogens is 270 g/mol. The molecule has 1 aromatic rings. The zero-order valence-electron chi connectivity index (χ0n) is 11.9.